The molecule has 2 aromatic heterocycles. The van der Waals surface area contributed by atoms with Crippen LogP contribution in [0.1, 0.15) is 32.7 Å². The highest BCUT2D eigenvalue weighted by atomic mass is 35.5. The molecule has 12 nitrogen and oxygen atoms in total. The Kier molecular flexibility index (Phi) is 8.03. The smallest absolute Gasteiger partial charge is 0.239 e. The maximum atomic E-state index is 12.9. The Morgan fingerprint density at radius 2 is 1.95 bits per heavy atom. The van der Waals surface area contributed by atoms with Gasteiger partial charge in [0.25, 0.3) is 0 Å². The fraction of sp³-hybridized carbons (Fsp3) is 0.367. The molecule has 0 spiro atoms. The van der Waals surface area contributed by atoms with Crippen LogP contribution in [0.3, 0.4) is 0 Å². The maximum Gasteiger partial charge on any atom is 0.239 e. The van der Waals surface area contributed by atoms with Crippen LogP contribution < -0.4 is 20.7 Å². The molecular formula is C30H34ClN7O5S. The van der Waals surface area contributed by atoms with Gasteiger partial charge in [0.05, 0.1) is 46.9 Å². The minimum atomic E-state index is -3.58. The SMILES string of the molecule is COc1cc2cn(C3CN(C(=O)[C@@H]4CCCN4)C3)c(O)c2cc1Nc1ncc(Cl)c(Nc2ccccc2S(=O)(=O)C(C)C)n1. The number of fused-ring (bicyclic) bond motifs is 1. The summed E-state index contributed by atoms with van der Waals surface area (Å²) >= 11 is 6.40. The summed E-state index contributed by atoms with van der Waals surface area (Å²) in [6.07, 6.45) is 5.13. The summed E-state index contributed by atoms with van der Waals surface area (Å²) in [5.74, 6) is 1.08. The minimum absolute atomic E-state index is 0.0363. The predicted octanol–water partition coefficient (Wildman–Crippen LogP) is 4.60. The number of aromatic nitrogens is 3. The molecule has 2 aliphatic heterocycles. The molecule has 2 aliphatic rings. The summed E-state index contributed by atoms with van der Waals surface area (Å²) in [5, 5.41) is 21.5. The van der Waals surface area contributed by atoms with Crippen molar-refractivity contribution >= 4 is 61.3 Å². The van der Waals surface area contributed by atoms with Crippen LogP contribution in [-0.2, 0) is 14.6 Å². The van der Waals surface area contributed by atoms with E-state index < -0.39 is 15.1 Å². The standard InChI is InChI=1S/C30H34ClN7O5S/c1-17(2)44(41,42)26-9-5-4-7-22(26)34-27-21(31)13-33-30(36-27)35-24-12-20-18(11-25(24)43-3)14-38(28(20)39)19-15-37(16-19)29(40)23-8-6-10-32-23/h4-5,7,9,11-14,17,19,23,32,39H,6,8,10,15-16H2,1-3H3,(H2,33,34,35,36)/t23-/m0/s1. The minimum Gasteiger partial charge on any atom is -0.495 e. The molecule has 0 unspecified atom stereocenters. The van der Waals surface area contributed by atoms with Crippen LogP contribution in [0, 0.1) is 0 Å². The van der Waals surface area contributed by atoms with Gasteiger partial charge in [0.1, 0.15) is 10.8 Å². The number of carbonyl (C=O) groups is 1. The molecule has 1 atom stereocenters. The molecule has 232 valence electrons. The lowest BCUT2D eigenvalue weighted by Crippen LogP contribution is -2.55. The Balaban J connectivity index is 1.24. The Bertz CT molecular complexity index is 1830. The van der Waals surface area contributed by atoms with Crippen LogP contribution in [0.5, 0.6) is 11.6 Å². The lowest BCUT2D eigenvalue weighted by atomic mass is 10.1. The number of benzene rings is 2. The van der Waals surface area contributed by atoms with Gasteiger partial charge in [-0.1, -0.05) is 23.7 Å². The number of amides is 1. The Morgan fingerprint density at radius 3 is 2.66 bits per heavy atom. The number of sulfone groups is 1. The molecule has 0 saturated carbocycles. The van der Waals surface area contributed by atoms with Crippen molar-refractivity contribution in [3.8, 4) is 11.6 Å². The van der Waals surface area contributed by atoms with Crippen LogP contribution in [0.25, 0.3) is 10.8 Å². The molecule has 2 saturated heterocycles. The number of aromatic hydroxyl groups is 1. The lowest BCUT2D eigenvalue weighted by Gasteiger charge is -2.41. The third kappa shape index (κ3) is 5.51. The number of nitrogens with one attached hydrogen (secondary N) is 3. The molecule has 44 heavy (non-hydrogen) atoms. The summed E-state index contributed by atoms with van der Waals surface area (Å²) in [7, 11) is -2.04. The number of hydrogen-bond acceptors (Lipinski definition) is 10. The Hall–Kier alpha value is -4.07. The van der Waals surface area contributed by atoms with Crippen LogP contribution in [0.2, 0.25) is 5.02 Å². The van der Waals surface area contributed by atoms with Crippen molar-refractivity contribution in [1.82, 2.24) is 24.8 Å². The first-order valence-corrected chi connectivity index (χ1v) is 16.3. The van der Waals surface area contributed by atoms with Crippen LogP contribution in [0.15, 0.2) is 53.7 Å². The Morgan fingerprint density at radius 1 is 1.18 bits per heavy atom. The number of anilines is 4. The van der Waals surface area contributed by atoms with Crippen LogP contribution in [-0.4, -0.2) is 76.9 Å². The number of halogens is 1. The van der Waals surface area contributed by atoms with Crippen molar-refractivity contribution in [2.75, 3.05) is 37.4 Å². The van der Waals surface area contributed by atoms with Gasteiger partial charge in [-0.2, -0.15) is 4.98 Å². The van der Waals surface area contributed by atoms with Gasteiger partial charge in [-0.15, -0.1) is 0 Å². The maximum absolute atomic E-state index is 12.9. The number of methoxy groups -OCH3 is 1. The summed E-state index contributed by atoms with van der Waals surface area (Å²) in [6.45, 7) is 5.18. The third-order valence-electron chi connectivity index (χ3n) is 8.12. The molecule has 0 bridgehead atoms. The molecule has 14 heteroatoms. The summed E-state index contributed by atoms with van der Waals surface area (Å²) in [5.41, 5.74) is 0.843. The fourth-order valence-corrected chi connectivity index (χ4v) is 6.89. The fourth-order valence-electron chi connectivity index (χ4n) is 5.55. The zero-order chi connectivity index (χ0) is 31.2. The van der Waals surface area contributed by atoms with E-state index in [0.717, 1.165) is 24.8 Å². The summed E-state index contributed by atoms with van der Waals surface area (Å²) < 4.78 is 33.3. The second kappa shape index (κ2) is 11.8. The van der Waals surface area contributed by atoms with E-state index in [1.54, 1.807) is 48.7 Å². The lowest BCUT2D eigenvalue weighted by molar-refractivity contribution is -0.138. The van der Waals surface area contributed by atoms with Crippen molar-refractivity contribution in [2.45, 2.75) is 48.9 Å². The highest BCUT2D eigenvalue weighted by Crippen LogP contribution is 2.40. The molecule has 4 aromatic rings. The highest BCUT2D eigenvalue weighted by molar-refractivity contribution is 7.92. The van der Waals surface area contributed by atoms with Gasteiger partial charge in [0.15, 0.2) is 21.5 Å². The van der Waals surface area contributed by atoms with Gasteiger partial charge in [0.2, 0.25) is 11.9 Å². The van der Waals surface area contributed by atoms with Gasteiger partial charge < -0.3 is 35.3 Å². The van der Waals surface area contributed by atoms with Crippen molar-refractivity contribution in [3.05, 3.63) is 53.8 Å². The van der Waals surface area contributed by atoms with Gasteiger partial charge >= 0.3 is 0 Å². The first-order chi connectivity index (χ1) is 21.1. The highest BCUT2D eigenvalue weighted by Gasteiger charge is 2.37. The van der Waals surface area contributed by atoms with E-state index in [2.05, 4.69) is 25.9 Å². The predicted molar refractivity (Wildman–Crippen MR) is 169 cm³/mol. The number of nitrogens with zero attached hydrogens (tertiary/aromatic N) is 4. The van der Waals surface area contributed by atoms with Gasteiger partial charge in [0, 0.05) is 30.1 Å². The molecule has 2 fully saturated rings. The number of carbonyl (C=O) groups excluding carboxylic acids is 1. The molecular weight excluding hydrogens is 606 g/mol. The molecule has 0 radical (unpaired) electrons. The quantitative estimate of drug-likeness (QED) is 0.204. The molecule has 6 rings (SSSR count). The van der Waals surface area contributed by atoms with E-state index in [1.165, 1.54) is 19.4 Å². The van der Waals surface area contributed by atoms with Gasteiger partial charge in [-0.25, -0.2) is 13.4 Å². The second-order valence-corrected chi connectivity index (χ2v) is 14.2. The molecule has 1 amide bonds. The van der Waals surface area contributed by atoms with Gasteiger partial charge in [-0.3, -0.25) is 4.79 Å². The van der Waals surface area contributed by atoms with E-state index in [0.29, 0.717) is 35.6 Å². The zero-order valence-corrected chi connectivity index (χ0v) is 26.1. The first kappa shape index (κ1) is 30.0. The Labute approximate surface area is 260 Å². The average Bonchev–Trinajstić information content (AvgIpc) is 3.63. The molecule has 2 aromatic carbocycles. The average molecular weight is 640 g/mol. The van der Waals surface area contributed by atoms with E-state index in [4.69, 9.17) is 16.3 Å². The summed E-state index contributed by atoms with van der Waals surface area (Å²) in [6, 6.07) is 9.98. The van der Waals surface area contributed by atoms with Gasteiger partial charge in [-0.05, 0) is 57.5 Å². The number of hydrogen-bond donors (Lipinski definition) is 4. The van der Waals surface area contributed by atoms with E-state index in [1.807, 2.05) is 11.1 Å². The van der Waals surface area contributed by atoms with E-state index >= 15 is 0 Å². The van der Waals surface area contributed by atoms with Crippen LogP contribution >= 0.6 is 11.6 Å². The van der Waals surface area contributed by atoms with Crippen molar-refractivity contribution < 1.29 is 23.1 Å². The first-order valence-electron chi connectivity index (χ1n) is 14.4. The number of likely N-dealkylation sites (tertiary alicyclic amines) is 1. The van der Waals surface area contributed by atoms with Crippen molar-refractivity contribution in [1.29, 1.82) is 0 Å². The zero-order valence-electron chi connectivity index (χ0n) is 24.5. The largest absolute Gasteiger partial charge is 0.495 e. The van der Waals surface area contributed by atoms with Crippen molar-refractivity contribution in [3.63, 3.8) is 0 Å². The number of rotatable bonds is 9. The molecule has 4 heterocycles. The normalized spacial score (nSPS) is 17.2. The number of ether oxygens (including phenoxy) is 1. The molecule has 0 aliphatic carbocycles. The van der Waals surface area contributed by atoms with Crippen molar-refractivity contribution in [2.24, 2.45) is 0 Å². The van der Waals surface area contributed by atoms with E-state index in [9.17, 15) is 18.3 Å². The third-order valence-corrected chi connectivity index (χ3v) is 10.6. The second-order valence-electron chi connectivity index (χ2n) is 11.3. The van der Waals surface area contributed by atoms with E-state index in [-0.39, 0.29) is 45.6 Å². The number of para-hydroxylation sites is 1. The van der Waals surface area contributed by atoms with Crippen LogP contribution in [0.4, 0.5) is 23.1 Å². The topological polar surface area (TPSA) is 151 Å². The molecule has 4 N–H and O–H groups in total. The monoisotopic (exact) mass is 639 g/mol. The summed E-state index contributed by atoms with van der Waals surface area (Å²) in [4.78, 5) is 23.5.